The Bertz CT molecular complexity index is 255. The molecule has 4 nitrogen and oxygen atoms in total. The minimum atomic E-state index is -0.477. The van der Waals surface area contributed by atoms with Gasteiger partial charge in [0.05, 0.1) is 13.2 Å². The van der Waals surface area contributed by atoms with Gasteiger partial charge in [-0.25, -0.2) is 4.79 Å². The maximum Gasteiger partial charge on any atom is 0.434 e. The molecule has 0 atom stereocenters. The highest BCUT2D eigenvalue weighted by atomic mass is 16.7. The van der Waals surface area contributed by atoms with Gasteiger partial charge in [-0.2, -0.15) is 5.06 Å². The van der Waals surface area contributed by atoms with Gasteiger partial charge in [-0.3, -0.25) is 4.84 Å². The fraction of sp³-hybridized carbons (Fsp3) is 0.750. The third kappa shape index (κ3) is 5.16. The van der Waals surface area contributed by atoms with Crippen molar-refractivity contribution in [1.82, 2.24) is 5.06 Å². The van der Waals surface area contributed by atoms with Gasteiger partial charge in [0.25, 0.3) is 0 Å². The van der Waals surface area contributed by atoms with E-state index in [1.807, 2.05) is 20.8 Å². The van der Waals surface area contributed by atoms with Gasteiger partial charge in [-0.1, -0.05) is 12.2 Å². The van der Waals surface area contributed by atoms with Gasteiger partial charge in [0, 0.05) is 0 Å². The van der Waals surface area contributed by atoms with Gasteiger partial charge in [-0.05, 0) is 40.0 Å². The summed E-state index contributed by atoms with van der Waals surface area (Å²) >= 11 is 0. The molecule has 0 bridgehead atoms. The summed E-state index contributed by atoms with van der Waals surface area (Å²) in [6.07, 6.45) is 6.54. The molecule has 92 valence electrons. The number of amides is 1. The Balaban J connectivity index is 2.49. The van der Waals surface area contributed by atoms with E-state index < -0.39 is 11.7 Å². The molecular formula is C12H21NO3. The van der Waals surface area contributed by atoms with Gasteiger partial charge in [-0.15, -0.1) is 0 Å². The number of ether oxygens (including phenoxy) is 1. The second-order valence-electron chi connectivity index (χ2n) is 4.82. The monoisotopic (exact) mass is 227 g/mol. The number of carbonyl (C=O) groups excluding carboxylic acids is 1. The number of hydrogen-bond donors (Lipinski definition) is 0. The van der Waals surface area contributed by atoms with Crippen LogP contribution in [0.4, 0.5) is 4.79 Å². The molecule has 0 saturated carbocycles. The third-order valence-electron chi connectivity index (χ3n) is 2.02. The van der Waals surface area contributed by atoms with Gasteiger partial charge >= 0.3 is 6.09 Å². The van der Waals surface area contributed by atoms with E-state index in [0.717, 1.165) is 19.3 Å². The summed E-state index contributed by atoms with van der Waals surface area (Å²) in [5.41, 5.74) is -0.477. The van der Waals surface area contributed by atoms with Crippen molar-refractivity contribution >= 4 is 6.09 Å². The highest BCUT2D eigenvalue weighted by Crippen LogP contribution is 2.12. The van der Waals surface area contributed by atoms with Crippen LogP contribution in [0.3, 0.4) is 0 Å². The van der Waals surface area contributed by atoms with Crippen molar-refractivity contribution in [3.8, 4) is 0 Å². The summed E-state index contributed by atoms with van der Waals surface area (Å²) in [5, 5.41) is 1.32. The first kappa shape index (κ1) is 13.0. The normalized spacial score (nSPS) is 20.6. The molecule has 0 aliphatic carbocycles. The number of rotatable bonds is 0. The van der Waals surface area contributed by atoms with Gasteiger partial charge < -0.3 is 4.74 Å². The number of carbonyl (C=O) groups is 1. The lowest BCUT2D eigenvalue weighted by Gasteiger charge is -2.26. The largest absolute Gasteiger partial charge is 0.442 e. The van der Waals surface area contributed by atoms with Gasteiger partial charge in [0.2, 0.25) is 0 Å². The SMILES string of the molecule is CC(C)(C)OC(=O)N1CC/C=C\CCCO1. The van der Waals surface area contributed by atoms with E-state index in [0.29, 0.717) is 13.2 Å². The maximum atomic E-state index is 11.7. The summed E-state index contributed by atoms with van der Waals surface area (Å²) < 4.78 is 5.25. The van der Waals surface area contributed by atoms with Crippen LogP contribution in [0.25, 0.3) is 0 Å². The molecule has 0 aromatic carbocycles. The number of allylic oxidation sites excluding steroid dienone is 1. The molecule has 0 aromatic heterocycles. The predicted octanol–water partition coefficient (Wildman–Crippen LogP) is 2.90. The van der Waals surface area contributed by atoms with Crippen LogP contribution in [0.2, 0.25) is 0 Å². The molecule has 1 aliphatic rings. The van der Waals surface area contributed by atoms with E-state index in [1.54, 1.807) is 0 Å². The van der Waals surface area contributed by atoms with Crippen LogP contribution < -0.4 is 0 Å². The second kappa shape index (κ2) is 5.89. The van der Waals surface area contributed by atoms with E-state index in [9.17, 15) is 4.79 Å². The lowest BCUT2D eigenvalue weighted by molar-refractivity contribution is -0.146. The first-order valence-corrected chi connectivity index (χ1v) is 5.77. The third-order valence-corrected chi connectivity index (χ3v) is 2.02. The zero-order valence-corrected chi connectivity index (χ0v) is 10.4. The lowest BCUT2D eigenvalue weighted by Crippen LogP contribution is -2.37. The van der Waals surface area contributed by atoms with Crippen molar-refractivity contribution in [3.05, 3.63) is 12.2 Å². The Kier molecular flexibility index (Phi) is 4.80. The minimum Gasteiger partial charge on any atom is -0.442 e. The quantitative estimate of drug-likeness (QED) is 0.597. The molecule has 0 N–H and O–H groups in total. The Morgan fingerprint density at radius 3 is 2.69 bits per heavy atom. The Morgan fingerprint density at radius 1 is 1.31 bits per heavy atom. The Labute approximate surface area is 97.2 Å². The molecule has 1 rings (SSSR count). The molecule has 0 aromatic rings. The van der Waals surface area contributed by atoms with Crippen LogP contribution in [0.5, 0.6) is 0 Å². The average molecular weight is 227 g/mol. The van der Waals surface area contributed by atoms with Crippen LogP contribution in [0.1, 0.15) is 40.0 Å². The van der Waals surface area contributed by atoms with Crippen LogP contribution in [0, 0.1) is 0 Å². The average Bonchev–Trinajstić information content (AvgIpc) is 2.27. The summed E-state index contributed by atoms with van der Waals surface area (Å²) in [6.45, 7) is 6.65. The summed E-state index contributed by atoms with van der Waals surface area (Å²) in [7, 11) is 0. The first-order valence-electron chi connectivity index (χ1n) is 5.77. The lowest BCUT2D eigenvalue weighted by atomic mass is 10.2. The van der Waals surface area contributed by atoms with Gasteiger partial charge in [0.1, 0.15) is 5.60 Å². The van der Waals surface area contributed by atoms with E-state index in [2.05, 4.69) is 12.2 Å². The van der Waals surface area contributed by atoms with Crippen molar-refractivity contribution < 1.29 is 14.4 Å². The molecule has 1 aliphatic heterocycles. The fourth-order valence-corrected chi connectivity index (χ4v) is 1.32. The van der Waals surface area contributed by atoms with Crippen LogP contribution in [0.15, 0.2) is 12.2 Å². The molecule has 0 spiro atoms. The topological polar surface area (TPSA) is 38.8 Å². The predicted molar refractivity (Wildman–Crippen MR) is 61.9 cm³/mol. The van der Waals surface area contributed by atoms with Crippen LogP contribution in [-0.2, 0) is 9.57 Å². The van der Waals surface area contributed by atoms with E-state index in [-0.39, 0.29) is 0 Å². The Morgan fingerprint density at radius 2 is 2.00 bits per heavy atom. The highest BCUT2D eigenvalue weighted by Gasteiger charge is 2.22. The zero-order valence-electron chi connectivity index (χ0n) is 10.4. The van der Waals surface area contributed by atoms with Crippen LogP contribution in [-0.4, -0.2) is 29.9 Å². The van der Waals surface area contributed by atoms with Crippen molar-refractivity contribution in [3.63, 3.8) is 0 Å². The summed E-state index contributed by atoms with van der Waals surface area (Å²) in [5.74, 6) is 0. The maximum absolute atomic E-state index is 11.7. The highest BCUT2D eigenvalue weighted by molar-refractivity contribution is 5.66. The molecule has 16 heavy (non-hydrogen) atoms. The molecule has 0 saturated heterocycles. The molecule has 0 unspecified atom stereocenters. The molecule has 0 fully saturated rings. The first-order chi connectivity index (χ1) is 7.49. The number of hydroxylamine groups is 2. The number of nitrogens with zero attached hydrogens (tertiary/aromatic N) is 1. The van der Waals surface area contributed by atoms with E-state index in [1.165, 1.54) is 5.06 Å². The number of hydrogen-bond acceptors (Lipinski definition) is 3. The molecule has 1 heterocycles. The molecule has 1 amide bonds. The van der Waals surface area contributed by atoms with Crippen molar-refractivity contribution in [2.75, 3.05) is 13.2 Å². The minimum absolute atomic E-state index is 0.400. The molecule has 4 heteroatoms. The molecule has 0 radical (unpaired) electrons. The van der Waals surface area contributed by atoms with Crippen molar-refractivity contribution in [2.45, 2.75) is 45.6 Å². The van der Waals surface area contributed by atoms with Crippen molar-refractivity contribution in [1.29, 1.82) is 0 Å². The smallest absolute Gasteiger partial charge is 0.434 e. The summed E-state index contributed by atoms with van der Waals surface area (Å²) in [4.78, 5) is 17.1. The zero-order chi connectivity index (χ0) is 12.0. The van der Waals surface area contributed by atoms with E-state index in [4.69, 9.17) is 9.57 Å². The fourth-order valence-electron chi connectivity index (χ4n) is 1.32. The van der Waals surface area contributed by atoms with E-state index >= 15 is 0 Å². The standard InChI is InChI=1S/C12H21NO3/c1-12(2,3)16-11(14)13-9-7-5-4-6-8-10-15-13/h4-5H,6-10H2,1-3H3/b5-4-. The Hall–Kier alpha value is -1.03. The van der Waals surface area contributed by atoms with Crippen molar-refractivity contribution in [2.24, 2.45) is 0 Å². The second-order valence-corrected chi connectivity index (χ2v) is 4.82. The van der Waals surface area contributed by atoms with Gasteiger partial charge in [0.15, 0.2) is 0 Å². The summed E-state index contributed by atoms with van der Waals surface area (Å²) in [6, 6.07) is 0. The molecular weight excluding hydrogens is 206 g/mol. The van der Waals surface area contributed by atoms with Crippen LogP contribution >= 0.6 is 0 Å².